The van der Waals surface area contributed by atoms with Crippen LogP contribution in [0.25, 0.3) is 134 Å². The van der Waals surface area contributed by atoms with Crippen molar-refractivity contribution in [3.63, 3.8) is 0 Å². The van der Waals surface area contributed by atoms with Gasteiger partial charge in [0.1, 0.15) is 142 Å². The summed E-state index contributed by atoms with van der Waals surface area (Å²) < 4.78 is 95.0. The Morgan fingerprint density at radius 2 is 0.650 bits per heavy atom. The molecule has 0 radical (unpaired) electrons. The molecule has 0 bridgehead atoms. The Labute approximate surface area is 683 Å². The van der Waals surface area contributed by atoms with E-state index in [4.69, 9.17) is 74.4 Å². The maximum Gasteiger partial charge on any atom is 0.165 e. The van der Waals surface area contributed by atoms with Gasteiger partial charge in [0.2, 0.25) is 0 Å². The zero-order chi connectivity index (χ0) is 85.5. The van der Waals surface area contributed by atoms with E-state index in [0.717, 1.165) is 33.6 Å². The third-order valence-electron chi connectivity index (χ3n) is 18.4. The average molecular weight is 1650 g/mol. The number of hydrogen-bond acceptors (Lipinski definition) is 30. The summed E-state index contributed by atoms with van der Waals surface area (Å²) in [6.45, 7) is 2.21. The molecule has 0 saturated carbocycles. The fourth-order valence-electron chi connectivity index (χ4n) is 12.8. The Balaban J connectivity index is 0.000000124. The molecule has 0 aliphatic rings. The van der Waals surface area contributed by atoms with Gasteiger partial charge in [0.05, 0.1) is 74.5 Å². The lowest BCUT2D eigenvalue weighted by atomic mass is 10.1. The molecule has 36 nitrogen and oxygen atoms in total. The Hall–Kier alpha value is -15.8. The minimum Gasteiger partial charge on any atom is -0.497 e. The van der Waals surface area contributed by atoms with E-state index < -0.39 is 17.5 Å². The van der Waals surface area contributed by atoms with Crippen molar-refractivity contribution in [2.75, 3.05) is 76.6 Å². The van der Waals surface area contributed by atoms with Gasteiger partial charge in [-0.25, -0.2) is 105 Å². The molecule has 0 aliphatic heterocycles. The van der Waals surface area contributed by atoms with Crippen molar-refractivity contribution in [1.29, 1.82) is 0 Å². The molecular weight excluding hydrogens is 1580 g/mol. The monoisotopic (exact) mass is 1650 g/mol. The molecule has 12 heterocycles. The summed E-state index contributed by atoms with van der Waals surface area (Å²) in [6, 6.07) is 30.8. The molecule has 41 heteroatoms. The van der Waals surface area contributed by atoms with E-state index in [1.165, 1.54) is 95.7 Å². The number of anilines is 6. The minimum atomic E-state index is -0.441. The van der Waals surface area contributed by atoms with Crippen LogP contribution in [0.3, 0.4) is 0 Å². The first-order valence-corrected chi connectivity index (χ1v) is 36.2. The second kappa shape index (κ2) is 35.1. The Morgan fingerprint density at radius 1 is 0.300 bits per heavy atom. The van der Waals surface area contributed by atoms with E-state index in [0.29, 0.717) is 170 Å². The van der Waals surface area contributed by atoms with Crippen LogP contribution in [-0.4, -0.2) is 161 Å². The lowest BCUT2D eigenvalue weighted by molar-refractivity contribution is 0.321. The minimum absolute atomic E-state index is 0.150. The lowest BCUT2D eigenvalue weighted by Gasteiger charge is -2.06. The number of rotatable bonds is 13. The molecule has 12 aromatic heterocycles. The number of methoxy groups -OCH3 is 5. The molecule has 0 unspecified atom stereocenters. The van der Waals surface area contributed by atoms with Crippen LogP contribution in [-0.2, 0) is 42.3 Å². The molecule has 18 rings (SSSR count). The Bertz CT molecular complexity index is 6700. The normalized spacial score (nSPS) is 10.9. The molecule has 0 atom stereocenters. The van der Waals surface area contributed by atoms with E-state index in [-0.39, 0.29) is 17.3 Å². The Kier molecular flexibility index (Phi) is 24.1. The fraction of sp³-hybridized carbons (Fsp3) is 0.165. The molecule has 612 valence electrons. The Morgan fingerprint density at radius 3 is 1.04 bits per heavy atom. The summed E-state index contributed by atoms with van der Waals surface area (Å²) in [4.78, 5) is 48.9. The number of hydrogen-bond donors (Lipinski definition) is 6. The fourth-order valence-corrected chi connectivity index (χ4v) is 13.1. The smallest absolute Gasteiger partial charge is 0.165 e. The molecule has 0 saturated heterocycles. The van der Waals surface area contributed by atoms with Gasteiger partial charge in [-0.05, 0) is 110 Å². The standard InChI is InChI=1S/C14H14FN5O.C13H12ClN5O.3C13H12FN5O.C13H13N5O/c1-3-21-10-5-4-8(6-9(10)15)12-11-13(16)17-7-18-14(11)20(2)19-12;2*1-19-13-10(12(15)16-6-17-13)11(18-19)7-3-8(14)5-9(4-7)20-2;1-19-13-10(12(15)16-6-17-13)11(18-19)8-4-3-7(14)5-9(8)20-2;1-19-13-10(12(15)16-6-17-13)11(18-19)7-3-4-8(14)9(5-7)20-2;1-18-13-10(12(14)15-7-16-13)11(17-18)8-3-5-9(19-2)6-4-8/h4-7H,3H2,1-2H3,(H2,16,17,18);4*3-6H,1-2H3,(H2,15,16,17);3-7H,1-2H3,(H2,14,15,16). The number of fused-ring (bicyclic) bond motifs is 6. The van der Waals surface area contributed by atoms with Crippen LogP contribution >= 0.6 is 11.6 Å². The van der Waals surface area contributed by atoms with Crippen molar-refractivity contribution < 1.29 is 46.0 Å². The summed E-state index contributed by atoms with van der Waals surface area (Å²) >= 11 is 6.10. The number of aromatic nitrogens is 24. The van der Waals surface area contributed by atoms with Crippen molar-refractivity contribution in [1.82, 2.24) is 118 Å². The molecule has 18 aromatic rings. The average Bonchev–Trinajstić information content (AvgIpc) is 1.65. The third kappa shape index (κ3) is 16.7. The maximum absolute atomic E-state index is 14.0. The molecular formula is C79H75ClF4N30O6. The molecule has 120 heavy (non-hydrogen) atoms. The molecule has 0 aliphatic carbocycles. The number of aryl methyl sites for hydroxylation is 6. The quantitative estimate of drug-likeness (QED) is 0.0584. The van der Waals surface area contributed by atoms with Crippen molar-refractivity contribution >= 4 is 113 Å². The van der Waals surface area contributed by atoms with Crippen LogP contribution < -0.4 is 62.8 Å². The van der Waals surface area contributed by atoms with Crippen LogP contribution in [0.2, 0.25) is 5.02 Å². The van der Waals surface area contributed by atoms with Crippen LogP contribution in [0.1, 0.15) is 6.92 Å². The highest BCUT2D eigenvalue weighted by molar-refractivity contribution is 6.31. The van der Waals surface area contributed by atoms with Gasteiger partial charge in [-0.2, -0.15) is 30.6 Å². The van der Waals surface area contributed by atoms with Crippen LogP contribution in [0.5, 0.6) is 34.5 Å². The van der Waals surface area contributed by atoms with Crippen molar-refractivity contribution in [2.45, 2.75) is 6.92 Å². The van der Waals surface area contributed by atoms with Crippen molar-refractivity contribution in [3.8, 4) is 102 Å². The number of benzene rings is 6. The first-order valence-electron chi connectivity index (χ1n) is 35.8. The van der Waals surface area contributed by atoms with E-state index in [2.05, 4.69) is 90.4 Å². The molecule has 0 spiro atoms. The van der Waals surface area contributed by atoms with E-state index in [9.17, 15) is 17.6 Å². The van der Waals surface area contributed by atoms with Gasteiger partial charge in [-0.15, -0.1) is 0 Å². The third-order valence-corrected chi connectivity index (χ3v) is 18.6. The van der Waals surface area contributed by atoms with E-state index >= 15 is 0 Å². The predicted octanol–water partition coefficient (Wildman–Crippen LogP) is 11.3. The SMILES string of the molecule is CCOc1ccc(-c2nn(C)c3ncnc(N)c23)cc1F.COc1cc(-c2nn(C)c3ncnc(N)c23)ccc1F.COc1cc(Cl)cc(-c2nn(C)c3ncnc(N)c23)c1.COc1cc(F)cc(-c2nn(C)c3ncnc(N)c23)c1.COc1cc(F)ccc1-c1nn(C)c2ncnc(N)c12.COc1ccc(-c2nn(C)c3ncnc(N)c23)cc1. The second-order valence-electron chi connectivity index (χ2n) is 25.8. The van der Waals surface area contributed by atoms with Crippen LogP contribution in [0.15, 0.2) is 153 Å². The first kappa shape index (κ1) is 82.2. The van der Waals surface area contributed by atoms with Gasteiger partial charge in [0, 0.05) is 92.8 Å². The largest absolute Gasteiger partial charge is 0.497 e. The lowest BCUT2D eigenvalue weighted by Crippen LogP contribution is -1.95. The summed E-state index contributed by atoms with van der Waals surface area (Å²) in [5.41, 5.74) is 47.2. The van der Waals surface area contributed by atoms with Crippen LogP contribution in [0, 0.1) is 23.3 Å². The first-order chi connectivity index (χ1) is 57.7. The van der Waals surface area contributed by atoms with Gasteiger partial charge in [0.15, 0.2) is 57.0 Å². The summed E-state index contributed by atoms with van der Waals surface area (Å²) in [7, 11) is 18.2. The van der Waals surface area contributed by atoms with E-state index in [1.807, 2.05) is 37.4 Å². The summed E-state index contributed by atoms with van der Waals surface area (Å²) in [6.07, 6.45) is 8.37. The highest BCUT2D eigenvalue weighted by atomic mass is 35.5. The molecule has 0 fully saturated rings. The van der Waals surface area contributed by atoms with Gasteiger partial charge in [-0.3, -0.25) is 0 Å². The topological polar surface area (TPSA) is 473 Å². The van der Waals surface area contributed by atoms with Crippen LogP contribution in [0.4, 0.5) is 52.5 Å². The number of nitrogens with two attached hydrogens (primary N) is 6. The van der Waals surface area contributed by atoms with Gasteiger partial charge in [-0.1, -0.05) is 11.6 Å². The molecule has 12 N–H and O–H groups in total. The zero-order valence-electron chi connectivity index (χ0n) is 66.2. The number of ether oxygens (including phenoxy) is 6. The number of nitrogen functional groups attached to an aromatic ring is 6. The predicted molar refractivity (Wildman–Crippen MR) is 446 cm³/mol. The van der Waals surface area contributed by atoms with Gasteiger partial charge >= 0.3 is 0 Å². The highest BCUT2D eigenvalue weighted by Gasteiger charge is 2.24. The van der Waals surface area contributed by atoms with Gasteiger partial charge in [0.25, 0.3) is 0 Å². The summed E-state index contributed by atoms with van der Waals surface area (Å²) in [5.74, 6) is 3.05. The second-order valence-corrected chi connectivity index (χ2v) is 26.3. The van der Waals surface area contributed by atoms with Crippen molar-refractivity contribution in [3.05, 3.63) is 182 Å². The number of halogens is 5. The maximum atomic E-state index is 14.0. The number of nitrogens with zero attached hydrogens (tertiary/aromatic N) is 24. The highest BCUT2D eigenvalue weighted by Crippen LogP contribution is 2.40. The van der Waals surface area contributed by atoms with Gasteiger partial charge < -0.3 is 62.8 Å². The molecule has 0 amide bonds. The van der Waals surface area contributed by atoms with E-state index in [1.54, 1.807) is 133 Å². The van der Waals surface area contributed by atoms with Crippen molar-refractivity contribution in [2.24, 2.45) is 42.3 Å². The molecule has 6 aromatic carbocycles. The zero-order valence-corrected chi connectivity index (χ0v) is 66.9. The summed E-state index contributed by atoms with van der Waals surface area (Å²) in [5, 5.41) is 30.9.